The lowest BCUT2D eigenvalue weighted by Gasteiger charge is -2.35. The first-order chi connectivity index (χ1) is 13.1. The highest BCUT2D eigenvalue weighted by Gasteiger charge is 2.22. The van der Waals surface area contributed by atoms with Crippen LogP contribution in [-0.4, -0.2) is 37.0 Å². The van der Waals surface area contributed by atoms with E-state index in [2.05, 4.69) is 41.4 Å². The number of halogens is 1. The van der Waals surface area contributed by atoms with Gasteiger partial charge >= 0.3 is 0 Å². The van der Waals surface area contributed by atoms with Gasteiger partial charge in [0.25, 0.3) is 5.91 Å². The van der Waals surface area contributed by atoms with Crippen molar-refractivity contribution in [2.75, 3.05) is 26.2 Å². The van der Waals surface area contributed by atoms with Crippen molar-refractivity contribution < 1.29 is 13.9 Å². The van der Waals surface area contributed by atoms with Crippen LogP contribution in [0.1, 0.15) is 36.4 Å². The number of ether oxygens (including phenoxy) is 1. The second-order valence-corrected chi connectivity index (χ2v) is 7.07. The number of piperidine rings is 1. The topological polar surface area (TPSA) is 41.6 Å². The standard InChI is InChI=1S/C22H27FN2O2/c1-17-5-7-18(8-6-17)21(25-13-3-2-4-14-25)15-24-22(26)16-27-20-11-9-19(23)10-12-20/h5-12,21H,2-4,13-16H2,1H3,(H,24,26). The van der Waals surface area contributed by atoms with E-state index in [1.54, 1.807) is 0 Å². The zero-order chi connectivity index (χ0) is 19.1. The summed E-state index contributed by atoms with van der Waals surface area (Å²) in [6, 6.07) is 14.4. The van der Waals surface area contributed by atoms with Crippen LogP contribution in [0.3, 0.4) is 0 Å². The van der Waals surface area contributed by atoms with E-state index in [0.717, 1.165) is 13.1 Å². The zero-order valence-electron chi connectivity index (χ0n) is 15.8. The van der Waals surface area contributed by atoms with Crippen molar-refractivity contribution >= 4 is 5.91 Å². The summed E-state index contributed by atoms with van der Waals surface area (Å²) in [5.41, 5.74) is 2.45. The fourth-order valence-electron chi connectivity index (χ4n) is 3.42. The van der Waals surface area contributed by atoms with E-state index in [-0.39, 0.29) is 24.4 Å². The highest BCUT2D eigenvalue weighted by atomic mass is 19.1. The molecule has 5 heteroatoms. The van der Waals surface area contributed by atoms with Crippen LogP contribution in [0.5, 0.6) is 5.75 Å². The number of likely N-dealkylation sites (tertiary alicyclic amines) is 1. The SMILES string of the molecule is Cc1ccc(C(CNC(=O)COc2ccc(F)cc2)N2CCCCC2)cc1. The number of rotatable bonds is 7. The summed E-state index contributed by atoms with van der Waals surface area (Å²) in [6.07, 6.45) is 3.67. The van der Waals surface area contributed by atoms with Crippen molar-refractivity contribution in [1.82, 2.24) is 10.2 Å². The van der Waals surface area contributed by atoms with Crippen molar-refractivity contribution in [3.05, 3.63) is 65.5 Å². The Morgan fingerprint density at radius 3 is 2.41 bits per heavy atom. The van der Waals surface area contributed by atoms with Gasteiger partial charge in [-0.15, -0.1) is 0 Å². The van der Waals surface area contributed by atoms with Crippen LogP contribution in [0.4, 0.5) is 4.39 Å². The summed E-state index contributed by atoms with van der Waals surface area (Å²) in [7, 11) is 0. The Bertz CT molecular complexity index is 725. The van der Waals surface area contributed by atoms with E-state index < -0.39 is 0 Å². The molecular weight excluding hydrogens is 343 g/mol. The largest absolute Gasteiger partial charge is 0.484 e. The summed E-state index contributed by atoms with van der Waals surface area (Å²) in [5, 5.41) is 3.00. The molecule has 1 aliphatic heterocycles. The van der Waals surface area contributed by atoms with Gasteiger partial charge in [0.1, 0.15) is 11.6 Å². The van der Waals surface area contributed by atoms with E-state index >= 15 is 0 Å². The van der Waals surface area contributed by atoms with Crippen LogP contribution in [0, 0.1) is 12.7 Å². The van der Waals surface area contributed by atoms with Gasteiger partial charge in [0.2, 0.25) is 0 Å². The minimum Gasteiger partial charge on any atom is -0.484 e. The minimum absolute atomic E-state index is 0.0771. The average Bonchev–Trinajstić information content (AvgIpc) is 2.70. The summed E-state index contributed by atoms with van der Waals surface area (Å²) in [5.74, 6) is -0.0135. The predicted molar refractivity (Wildman–Crippen MR) is 104 cm³/mol. The fraction of sp³-hybridized carbons (Fsp3) is 0.409. The molecule has 0 bridgehead atoms. The van der Waals surface area contributed by atoms with Gasteiger partial charge in [0, 0.05) is 6.54 Å². The van der Waals surface area contributed by atoms with Gasteiger partial charge < -0.3 is 10.1 Å². The zero-order valence-corrected chi connectivity index (χ0v) is 15.8. The number of nitrogens with one attached hydrogen (secondary N) is 1. The number of carbonyl (C=O) groups is 1. The Morgan fingerprint density at radius 2 is 1.74 bits per heavy atom. The lowest BCUT2D eigenvalue weighted by molar-refractivity contribution is -0.123. The predicted octanol–water partition coefficient (Wildman–Crippen LogP) is 3.86. The average molecular weight is 370 g/mol. The van der Waals surface area contributed by atoms with Gasteiger partial charge in [-0.1, -0.05) is 36.2 Å². The molecule has 0 saturated carbocycles. The molecule has 1 saturated heterocycles. The highest BCUT2D eigenvalue weighted by molar-refractivity contribution is 5.77. The van der Waals surface area contributed by atoms with Gasteiger partial charge in [-0.2, -0.15) is 0 Å². The fourth-order valence-corrected chi connectivity index (χ4v) is 3.42. The van der Waals surface area contributed by atoms with Crippen LogP contribution >= 0.6 is 0 Å². The Morgan fingerprint density at radius 1 is 1.07 bits per heavy atom. The Labute approximate surface area is 160 Å². The maximum Gasteiger partial charge on any atom is 0.258 e. The van der Waals surface area contributed by atoms with Crippen LogP contribution in [0.25, 0.3) is 0 Å². The van der Waals surface area contributed by atoms with Gasteiger partial charge in [-0.05, 0) is 62.7 Å². The number of aryl methyl sites for hydroxylation is 1. The lowest BCUT2D eigenvalue weighted by Crippen LogP contribution is -2.41. The Hall–Kier alpha value is -2.40. The second-order valence-electron chi connectivity index (χ2n) is 7.07. The quantitative estimate of drug-likeness (QED) is 0.805. The number of carbonyl (C=O) groups excluding carboxylic acids is 1. The molecule has 2 aromatic carbocycles. The third kappa shape index (κ3) is 5.79. The lowest BCUT2D eigenvalue weighted by atomic mass is 10.0. The van der Waals surface area contributed by atoms with Crippen molar-refractivity contribution in [3.8, 4) is 5.75 Å². The molecule has 0 aromatic heterocycles. The van der Waals surface area contributed by atoms with Crippen molar-refractivity contribution in [2.24, 2.45) is 0 Å². The molecule has 1 unspecified atom stereocenters. The maximum absolute atomic E-state index is 12.9. The molecule has 1 N–H and O–H groups in total. The van der Waals surface area contributed by atoms with Crippen molar-refractivity contribution in [3.63, 3.8) is 0 Å². The van der Waals surface area contributed by atoms with Crippen molar-refractivity contribution in [2.45, 2.75) is 32.2 Å². The van der Waals surface area contributed by atoms with E-state index in [4.69, 9.17) is 4.74 Å². The van der Waals surface area contributed by atoms with Crippen LogP contribution in [0.2, 0.25) is 0 Å². The molecule has 0 aliphatic carbocycles. The normalized spacial score (nSPS) is 15.9. The molecule has 1 amide bonds. The number of benzene rings is 2. The molecule has 1 aliphatic rings. The first-order valence-corrected chi connectivity index (χ1v) is 9.57. The molecule has 1 fully saturated rings. The molecule has 1 heterocycles. The van der Waals surface area contributed by atoms with Crippen molar-refractivity contribution in [1.29, 1.82) is 0 Å². The molecule has 27 heavy (non-hydrogen) atoms. The van der Waals surface area contributed by atoms with E-state index in [9.17, 15) is 9.18 Å². The van der Waals surface area contributed by atoms with Gasteiger partial charge in [0.15, 0.2) is 6.61 Å². The Balaban J connectivity index is 1.57. The molecular formula is C22H27FN2O2. The number of hydrogen-bond donors (Lipinski definition) is 1. The molecule has 1 atom stereocenters. The number of hydrogen-bond acceptors (Lipinski definition) is 3. The monoisotopic (exact) mass is 370 g/mol. The van der Waals surface area contributed by atoms with E-state index in [0.29, 0.717) is 12.3 Å². The molecule has 0 radical (unpaired) electrons. The second kappa shape index (κ2) is 9.51. The maximum atomic E-state index is 12.9. The molecule has 144 valence electrons. The number of amides is 1. The Kier molecular flexibility index (Phi) is 6.82. The summed E-state index contributed by atoms with van der Waals surface area (Å²) >= 11 is 0. The molecule has 0 spiro atoms. The smallest absolute Gasteiger partial charge is 0.258 e. The van der Waals surface area contributed by atoms with Gasteiger partial charge in [-0.3, -0.25) is 9.69 Å². The van der Waals surface area contributed by atoms with E-state index in [1.165, 1.54) is 54.7 Å². The molecule has 2 aromatic rings. The first-order valence-electron chi connectivity index (χ1n) is 9.57. The summed E-state index contributed by atoms with van der Waals surface area (Å²) < 4.78 is 18.3. The molecule has 4 nitrogen and oxygen atoms in total. The van der Waals surface area contributed by atoms with Gasteiger partial charge in [0.05, 0.1) is 6.04 Å². The third-order valence-corrected chi connectivity index (χ3v) is 4.97. The first kappa shape index (κ1) is 19.4. The van der Waals surface area contributed by atoms with Gasteiger partial charge in [-0.25, -0.2) is 4.39 Å². The molecule has 3 rings (SSSR count). The van der Waals surface area contributed by atoms with Crippen LogP contribution in [-0.2, 0) is 4.79 Å². The summed E-state index contributed by atoms with van der Waals surface area (Å²) in [6.45, 7) is 4.66. The summed E-state index contributed by atoms with van der Waals surface area (Å²) in [4.78, 5) is 14.7. The highest BCUT2D eigenvalue weighted by Crippen LogP contribution is 2.24. The van der Waals surface area contributed by atoms with Crippen LogP contribution in [0.15, 0.2) is 48.5 Å². The van der Waals surface area contributed by atoms with Crippen LogP contribution < -0.4 is 10.1 Å². The minimum atomic E-state index is -0.325. The third-order valence-electron chi connectivity index (χ3n) is 4.97. The van der Waals surface area contributed by atoms with E-state index in [1.807, 2.05) is 0 Å². The number of nitrogens with zero attached hydrogens (tertiary/aromatic N) is 1.